The SMILES string of the molecule is B1OOCC1c1cn[nH]c1. The van der Waals surface area contributed by atoms with Gasteiger partial charge in [0.25, 0.3) is 0 Å². The third kappa shape index (κ3) is 0.934. The van der Waals surface area contributed by atoms with Crippen molar-refractivity contribution in [1.29, 1.82) is 0 Å². The maximum atomic E-state index is 4.74. The lowest BCUT2D eigenvalue weighted by Gasteiger charge is -1.96. The second-order valence-corrected chi connectivity index (χ2v) is 2.30. The van der Waals surface area contributed by atoms with Crippen LogP contribution in [0.5, 0.6) is 0 Å². The maximum absolute atomic E-state index is 4.74. The van der Waals surface area contributed by atoms with Crippen LogP contribution in [-0.2, 0) is 9.69 Å². The van der Waals surface area contributed by atoms with Gasteiger partial charge in [-0.25, -0.2) is 0 Å². The topological polar surface area (TPSA) is 47.1 Å². The number of rotatable bonds is 1. The fourth-order valence-electron chi connectivity index (χ4n) is 0.985. The number of nitrogens with one attached hydrogen (secondary N) is 1. The Labute approximate surface area is 58.7 Å². The molecule has 1 fully saturated rings. The fourth-order valence-corrected chi connectivity index (χ4v) is 0.985. The lowest BCUT2D eigenvalue weighted by atomic mass is 9.78. The van der Waals surface area contributed by atoms with E-state index in [4.69, 9.17) is 9.69 Å². The number of aromatic nitrogens is 2. The van der Waals surface area contributed by atoms with E-state index in [0.717, 1.165) is 5.56 Å². The highest BCUT2D eigenvalue weighted by Gasteiger charge is 2.22. The first-order valence-electron chi connectivity index (χ1n) is 3.20. The normalized spacial score (nSPS) is 24.6. The minimum atomic E-state index is 0.360. The predicted molar refractivity (Wildman–Crippen MR) is 35.5 cm³/mol. The van der Waals surface area contributed by atoms with Crippen molar-refractivity contribution in [3.8, 4) is 0 Å². The fraction of sp³-hybridized carbons (Fsp3) is 0.400. The van der Waals surface area contributed by atoms with Gasteiger partial charge < -0.3 is 4.81 Å². The lowest BCUT2D eigenvalue weighted by molar-refractivity contribution is -0.183. The number of nitrogens with zero attached hydrogens (tertiary/aromatic N) is 1. The van der Waals surface area contributed by atoms with Crippen molar-refractivity contribution in [2.24, 2.45) is 0 Å². The molecule has 0 aromatic carbocycles. The van der Waals surface area contributed by atoms with Crippen molar-refractivity contribution in [1.82, 2.24) is 10.2 Å². The van der Waals surface area contributed by atoms with E-state index in [1.165, 1.54) is 0 Å². The summed E-state index contributed by atoms with van der Waals surface area (Å²) >= 11 is 0. The minimum absolute atomic E-state index is 0.360. The second-order valence-electron chi connectivity index (χ2n) is 2.30. The molecule has 1 saturated heterocycles. The number of hydrogen-bond donors (Lipinski definition) is 1. The standard InChI is InChI=1S/C5H7BN2O2/c1-4(2-8-7-1)5-3-9-10-6-5/h1-2,5-6H,3H2,(H,7,8). The lowest BCUT2D eigenvalue weighted by Crippen LogP contribution is -2.02. The molecule has 1 aromatic heterocycles. The highest BCUT2D eigenvalue weighted by Crippen LogP contribution is 2.17. The molecule has 1 aliphatic heterocycles. The zero-order valence-corrected chi connectivity index (χ0v) is 5.41. The van der Waals surface area contributed by atoms with E-state index in [2.05, 4.69) is 10.2 Å². The molecule has 4 nitrogen and oxygen atoms in total. The first kappa shape index (κ1) is 5.94. The van der Waals surface area contributed by atoms with Gasteiger partial charge in [-0.2, -0.15) is 5.10 Å². The van der Waals surface area contributed by atoms with E-state index in [0.29, 0.717) is 19.9 Å². The molecule has 52 valence electrons. The summed E-state index contributed by atoms with van der Waals surface area (Å²) in [7, 11) is 0.638. The number of aromatic amines is 1. The smallest absolute Gasteiger partial charge is 0.309 e. The highest BCUT2D eigenvalue weighted by atomic mass is 17.2. The van der Waals surface area contributed by atoms with Crippen LogP contribution in [0.15, 0.2) is 12.4 Å². The number of hydrogen-bond acceptors (Lipinski definition) is 3. The van der Waals surface area contributed by atoms with Gasteiger partial charge >= 0.3 is 7.48 Å². The highest BCUT2D eigenvalue weighted by molar-refractivity contribution is 6.30. The van der Waals surface area contributed by atoms with E-state index in [1.54, 1.807) is 6.20 Å². The molecule has 0 spiro atoms. The van der Waals surface area contributed by atoms with Gasteiger partial charge in [-0.1, -0.05) is 0 Å². The largest absolute Gasteiger partial charge is 0.333 e. The molecular formula is C5H7BN2O2. The Hall–Kier alpha value is -0.805. The van der Waals surface area contributed by atoms with Gasteiger partial charge in [-0.15, -0.1) is 0 Å². The Kier molecular flexibility index (Phi) is 1.45. The molecule has 2 heterocycles. The van der Waals surface area contributed by atoms with Gasteiger partial charge in [0, 0.05) is 12.0 Å². The van der Waals surface area contributed by atoms with Crippen molar-refractivity contribution in [2.75, 3.05) is 6.61 Å². The first-order valence-corrected chi connectivity index (χ1v) is 3.20. The molecule has 10 heavy (non-hydrogen) atoms. The molecule has 5 heteroatoms. The summed E-state index contributed by atoms with van der Waals surface area (Å²) in [6, 6.07) is 0. The second kappa shape index (κ2) is 2.44. The third-order valence-electron chi connectivity index (χ3n) is 1.61. The van der Waals surface area contributed by atoms with Gasteiger partial charge in [0.1, 0.15) is 0 Å². The molecule has 1 N–H and O–H groups in total. The van der Waals surface area contributed by atoms with Crippen LogP contribution in [-0.4, -0.2) is 24.3 Å². The van der Waals surface area contributed by atoms with Crippen molar-refractivity contribution in [2.45, 2.75) is 5.82 Å². The molecule has 0 amide bonds. The summed E-state index contributed by atoms with van der Waals surface area (Å²) in [6.07, 6.45) is 3.66. The zero-order chi connectivity index (χ0) is 6.81. The average Bonchev–Trinajstić information content (AvgIpc) is 2.59. The third-order valence-corrected chi connectivity index (χ3v) is 1.61. The molecular weight excluding hydrogens is 131 g/mol. The van der Waals surface area contributed by atoms with Crippen molar-refractivity contribution in [3.63, 3.8) is 0 Å². The van der Waals surface area contributed by atoms with Crippen LogP contribution in [0.2, 0.25) is 0 Å². The van der Waals surface area contributed by atoms with E-state index in [-0.39, 0.29) is 0 Å². The van der Waals surface area contributed by atoms with Crippen LogP contribution in [0.3, 0.4) is 0 Å². The van der Waals surface area contributed by atoms with Crippen LogP contribution in [0, 0.1) is 0 Å². The molecule has 1 unspecified atom stereocenters. The summed E-state index contributed by atoms with van der Waals surface area (Å²) < 4.78 is 0. The molecule has 2 rings (SSSR count). The molecule has 0 bridgehead atoms. The van der Waals surface area contributed by atoms with Crippen LogP contribution in [0.25, 0.3) is 0 Å². The Morgan fingerprint density at radius 2 is 2.80 bits per heavy atom. The van der Waals surface area contributed by atoms with Crippen LogP contribution >= 0.6 is 0 Å². The van der Waals surface area contributed by atoms with Gasteiger partial charge in [0.05, 0.1) is 12.8 Å². The minimum Gasteiger partial charge on any atom is -0.309 e. The summed E-state index contributed by atoms with van der Waals surface area (Å²) in [6.45, 7) is 0.638. The monoisotopic (exact) mass is 138 g/mol. The average molecular weight is 138 g/mol. The Morgan fingerprint density at radius 3 is 3.40 bits per heavy atom. The molecule has 0 saturated carbocycles. The molecule has 1 aliphatic rings. The van der Waals surface area contributed by atoms with E-state index in [1.807, 2.05) is 6.20 Å². The summed E-state index contributed by atoms with van der Waals surface area (Å²) in [5.41, 5.74) is 1.15. The molecule has 0 radical (unpaired) electrons. The molecule has 0 aliphatic carbocycles. The Balaban J connectivity index is 2.12. The van der Waals surface area contributed by atoms with Crippen LogP contribution < -0.4 is 0 Å². The predicted octanol–water partition coefficient (Wildman–Crippen LogP) is -0.236. The first-order chi connectivity index (χ1) is 4.97. The maximum Gasteiger partial charge on any atom is 0.333 e. The summed E-state index contributed by atoms with van der Waals surface area (Å²) in [5.74, 6) is 0.360. The summed E-state index contributed by atoms with van der Waals surface area (Å²) in [4.78, 5) is 9.48. The quantitative estimate of drug-likeness (QED) is 0.430. The zero-order valence-electron chi connectivity index (χ0n) is 5.41. The van der Waals surface area contributed by atoms with E-state index in [9.17, 15) is 0 Å². The van der Waals surface area contributed by atoms with E-state index < -0.39 is 0 Å². The van der Waals surface area contributed by atoms with Gasteiger partial charge in [0.2, 0.25) is 0 Å². The van der Waals surface area contributed by atoms with Crippen molar-refractivity contribution in [3.05, 3.63) is 18.0 Å². The van der Waals surface area contributed by atoms with E-state index >= 15 is 0 Å². The van der Waals surface area contributed by atoms with Crippen molar-refractivity contribution >= 4 is 7.48 Å². The van der Waals surface area contributed by atoms with Gasteiger partial charge in [-0.05, 0) is 5.56 Å². The van der Waals surface area contributed by atoms with Crippen LogP contribution in [0.4, 0.5) is 0 Å². The number of H-pyrrole nitrogens is 1. The Morgan fingerprint density at radius 1 is 1.80 bits per heavy atom. The van der Waals surface area contributed by atoms with Crippen molar-refractivity contribution < 1.29 is 9.69 Å². The molecule has 1 atom stereocenters. The van der Waals surface area contributed by atoms with Crippen LogP contribution in [0.1, 0.15) is 11.4 Å². The van der Waals surface area contributed by atoms with Gasteiger partial charge in [0.15, 0.2) is 0 Å². The van der Waals surface area contributed by atoms with Gasteiger partial charge in [-0.3, -0.25) is 9.99 Å². The Bertz CT molecular complexity index is 195. The summed E-state index contributed by atoms with van der Waals surface area (Å²) in [5, 5.41) is 6.58. The molecule has 1 aromatic rings.